The van der Waals surface area contributed by atoms with Crippen LogP contribution in [0.5, 0.6) is 5.75 Å². The molecule has 4 nitrogen and oxygen atoms in total. The number of hydrogen-bond donors (Lipinski definition) is 3. The van der Waals surface area contributed by atoms with Crippen LogP contribution in [-0.2, 0) is 6.42 Å². The summed E-state index contributed by atoms with van der Waals surface area (Å²) in [4.78, 5) is 0. The van der Waals surface area contributed by atoms with Crippen molar-refractivity contribution in [1.82, 2.24) is 10.2 Å². The number of fused-ring (bicyclic) bond motifs is 1. The number of H-pyrrole nitrogens is 1. The van der Waals surface area contributed by atoms with Crippen molar-refractivity contribution in [3.63, 3.8) is 0 Å². The van der Waals surface area contributed by atoms with Gasteiger partial charge in [-0.3, -0.25) is 5.10 Å². The Morgan fingerprint density at radius 3 is 2.60 bits per heavy atom. The monoisotopic (exact) mass is 333 g/mol. The molecular weight excluding hydrogens is 317 g/mol. The molecule has 124 valence electrons. The zero-order valence-corrected chi connectivity index (χ0v) is 13.3. The van der Waals surface area contributed by atoms with Gasteiger partial charge in [-0.05, 0) is 65.1 Å². The Labute approximate surface area is 143 Å². The molecule has 0 unspecified atom stereocenters. The summed E-state index contributed by atoms with van der Waals surface area (Å²) in [5.74, 6) is 0.391. The molecule has 0 atom stereocenters. The number of nitrogens with zero attached hydrogens (tertiary/aromatic N) is 1. The number of aromatic amines is 1. The zero-order valence-electron chi connectivity index (χ0n) is 13.3. The van der Waals surface area contributed by atoms with Gasteiger partial charge in [0.1, 0.15) is 11.6 Å². The summed E-state index contributed by atoms with van der Waals surface area (Å²) in [6.45, 7) is 0. The number of nitrogen functional groups attached to an aromatic ring is 1. The largest absolute Gasteiger partial charge is 0.508 e. The summed E-state index contributed by atoms with van der Waals surface area (Å²) in [5.41, 5.74) is 10.6. The van der Waals surface area contributed by atoms with Gasteiger partial charge in [-0.15, -0.1) is 0 Å². The van der Waals surface area contributed by atoms with Gasteiger partial charge in [0.05, 0.1) is 5.52 Å². The minimum absolute atomic E-state index is 0.210. The highest BCUT2D eigenvalue weighted by atomic mass is 19.1. The van der Waals surface area contributed by atoms with Crippen molar-refractivity contribution < 1.29 is 9.50 Å². The SMILES string of the molecule is Nc1n[nH]c2cc(-c3ccc(O)cc3)c(Cc3cccc(F)c3)cc12. The smallest absolute Gasteiger partial charge is 0.153 e. The highest BCUT2D eigenvalue weighted by molar-refractivity contribution is 5.93. The van der Waals surface area contributed by atoms with Crippen molar-refractivity contribution >= 4 is 16.7 Å². The number of halogens is 1. The summed E-state index contributed by atoms with van der Waals surface area (Å²) >= 11 is 0. The molecule has 4 aromatic rings. The van der Waals surface area contributed by atoms with Crippen LogP contribution < -0.4 is 5.73 Å². The van der Waals surface area contributed by atoms with E-state index in [9.17, 15) is 9.50 Å². The zero-order chi connectivity index (χ0) is 17.4. The highest BCUT2D eigenvalue weighted by Crippen LogP contribution is 2.32. The molecule has 25 heavy (non-hydrogen) atoms. The Hall–Kier alpha value is -3.34. The minimum atomic E-state index is -0.257. The van der Waals surface area contributed by atoms with Gasteiger partial charge in [-0.1, -0.05) is 24.3 Å². The topological polar surface area (TPSA) is 74.9 Å². The fourth-order valence-electron chi connectivity index (χ4n) is 3.05. The molecule has 0 amide bonds. The Morgan fingerprint density at radius 1 is 1.04 bits per heavy atom. The average molecular weight is 333 g/mol. The Kier molecular flexibility index (Phi) is 3.61. The van der Waals surface area contributed by atoms with E-state index in [1.165, 1.54) is 12.1 Å². The van der Waals surface area contributed by atoms with E-state index in [4.69, 9.17) is 5.73 Å². The lowest BCUT2D eigenvalue weighted by molar-refractivity contribution is 0.475. The highest BCUT2D eigenvalue weighted by Gasteiger charge is 2.12. The number of aromatic nitrogens is 2. The van der Waals surface area contributed by atoms with E-state index in [0.717, 1.165) is 33.2 Å². The molecule has 0 aliphatic heterocycles. The molecule has 4 rings (SSSR count). The van der Waals surface area contributed by atoms with Gasteiger partial charge in [0.2, 0.25) is 0 Å². The molecule has 5 heteroatoms. The quantitative estimate of drug-likeness (QED) is 0.525. The second kappa shape index (κ2) is 5.94. The van der Waals surface area contributed by atoms with E-state index < -0.39 is 0 Å². The summed E-state index contributed by atoms with van der Waals surface area (Å²) in [6, 6.07) is 17.5. The Morgan fingerprint density at radius 2 is 1.84 bits per heavy atom. The summed E-state index contributed by atoms with van der Waals surface area (Å²) in [7, 11) is 0. The number of benzene rings is 3. The van der Waals surface area contributed by atoms with Gasteiger partial charge in [0, 0.05) is 5.39 Å². The van der Waals surface area contributed by atoms with Crippen LogP contribution in [0.4, 0.5) is 10.2 Å². The third-order valence-electron chi connectivity index (χ3n) is 4.28. The van der Waals surface area contributed by atoms with Crippen LogP contribution in [0.15, 0.2) is 60.7 Å². The van der Waals surface area contributed by atoms with Crippen LogP contribution in [0.25, 0.3) is 22.0 Å². The molecule has 0 saturated heterocycles. The first kappa shape index (κ1) is 15.2. The average Bonchev–Trinajstić information content (AvgIpc) is 2.96. The standard InChI is InChI=1S/C20H16FN3O/c21-15-3-1-2-12(9-15)8-14-10-18-19(23-24-20(18)22)11-17(14)13-4-6-16(25)7-5-13/h1-7,9-11,25H,8H2,(H3,22,23,24). The molecule has 0 radical (unpaired) electrons. The van der Waals surface area contributed by atoms with Gasteiger partial charge in [-0.25, -0.2) is 4.39 Å². The van der Waals surface area contributed by atoms with Crippen molar-refractivity contribution in [3.8, 4) is 16.9 Å². The third kappa shape index (κ3) is 2.92. The minimum Gasteiger partial charge on any atom is -0.508 e. The third-order valence-corrected chi connectivity index (χ3v) is 4.28. The summed E-state index contributed by atoms with van der Waals surface area (Å²) < 4.78 is 13.5. The van der Waals surface area contributed by atoms with Crippen molar-refractivity contribution in [1.29, 1.82) is 0 Å². The number of aromatic hydroxyl groups is 1. The van der Waals surface area contributed by atoms with Crippen LogP contribution >= 0.6 is 0 Å². The Balaban J connectivity index is 1.88. The first-order valence-corrected chi connectivity index (χ1v) is 7.90. The normalized spacial score (nSPS) is 11.1. The molecule has 1 aromatic heterocycles. The lowest BCUT2D eigenvalue weighted by Gasteiger charge is -2.11. The van der Waals surface area contributed by atoms with Crippen LogP contribution in [0.1, 0.15) is 11.1 Å². The van der Waals surface area contributed by atoms with Crippen LogP contribution in [-0.4, -0.2) is 15.3 Å². The van der Waals surface area contributed by atoms with Gasteiger partial charge < -0.3 is 10.8 Å². The predicted octanol–water partition coefficient (Wildman–Crippen LogP) is 4.25. The van der Waals surface area contributed by atoms with Gasteiger partial charge in [-0.2, -0.15) is 5.10 Å². The molecular formula is C20H16FN3O. The number of nitrogens with two attached hydrogens (primary N) is 1. The number of rotatable bonds is 3. The molecule has 0 aliphatic carbocycles. The lowest BCUT2D eigenvalue weighted by Crippen LogP contribution is -1.94. The number of phenols is 1. The van der Waals surface area contributed by atoms with Crippen molar-refractivity contribution in [2.75, 3.05) is 5.73 Å². The Bertz CT molecular complexity index is 1050. The first-order valence-electron chi connectivity index (χ1n) is 7.90. The van der Waals surface area contributed by atoms with E-state index in [1.807, 2.05) is 30.3 Å². The maximum absolute atomic E-state index is 13.5. The number of nitrogens with one attached hydrogen (secondary N) is 1. The molecule has 1 heterocycles. The summed E-state index contributed by atoms with van der Waals surface area (Å²) in [5, 5.41) is 17.4. The van der Waals surface area contributed by atoms with E-state index in [1.54, 1.807) is 18.2 Å². The first-order chi connectivity index (χ1) is 12.1. The molecule has 4 N–H and O–H groups in total. The predicted molar refractivity (Wildman–Crippen MR) is 96.8 cm³/mol. The van der Waals surface area contributed by atoms with Gasteiger partial charge in [0.15, 0.2) is 5.82 Å². The number of hydrogen-bond acceptors (Lipinski definition) is 3. The number of anilines is 1. The maximum atomic E-state index is 13.5. The second-order valence-electron chi connectivity index (χ2n) is 6.02. The molecule has 3 aromatic carbocycles. The molecule has 0 saturated carbocycles. The second-order valence-corrected chi connectivity index (χ2v) is 6.02. The van der Waals surface area contributed by atoms with E-state index in [-0.39, 0.29) is 11.6 Å². The van der Waals surface area contributed by atoms with E-state index in [0.29, 0.717) is 12.2 Å². The van der Waals surface area contributed by atoms with Gasteiger partial charge in [0.25, 0.3) is 0 Å². The van der Waals surface area contributed by atoms with Gasteiger partial charge >= 0.3 is 0 Å². The lowest BCUT2D eigenvalue weighted by atomic mass is 9.93. The molecule has 0 spiro atoms. The van der Waals surface area contributed by atoms with Crippen molar-refractivity contribution in [2.24, 2.45) is 0 Å². The van der Waals surface area contributed by atoms with Crippen molar-refractivity contribution in [2.45, 2.75) is 6.42 Å². The summed E-state index contributed by atoms with van der Waals surface area (Å²) in [6.07, 6.45) is 0.564. The van der Waals surface area contributed by atoms with Crippen LogP contribution in [0.2, 0.25) is 0 Å². The van der Waals surface area contributed by atoms with Crippen LogP contribution in [0, 0.1) is 5.82 Å². The molecule has 0 bridgehead atoms. The maximum Gasteiger partial charge on any atom is 0.153 e. The van der Waals surface area contributed by atoms with E-state index >= 15 is 0 Å². The van der Waals surface area contributed by atoms with E-state index in [2.05, 4.69) is 10.2 Å². The molecule has 0 fully saturated rings. The number of phenolic OH excluding ortho intramolecular Hbond substituents is 1. The molecule has 0 aliphatic rings. The fraction of sp³-hybridized carbons (Fsp3) is 0.0500. The van der Waals surface area contributed by atoms with Crippen molar-refractivity contribution in [3.05, 3.63) is 77.6 Å². The van der Waals surface area contributed by atoms with Crippen LogP contribution in [0.3, 0.4) is 0 Å². The fourth-order valence-corrected chi connectivity index (χ4v) is 3.05.